The lowest BCUT2D eigenvalue weighted by Crippen LogP contribution is -2.18. The third kappa shape index (κ3) is 5.95. The second-order valence-corrected chi connectivity index (χ2v) is 5.29. The molecule has 2 rings (SSSR count). The summed E-state index contributed by atoms with van der Waals surface area (Å²) in [4.78, 5) is 23.2. The van der Waals surface area contributed by atoms with E-state index in [9.17, 15) is 9.59 Å². The Balaban J connectivity index is 1.65. The van der Waals surface area contributed by atoms with Gasteiger partial charge in [-0.15, -0.1) is 0 Å². The molecular formula is C20H19NO5. The number of hydrogen-bond acceptors (Lipinski definition) is 6. The Morgan fingerprint density at radius 1 is 0.923 bits per heavy atom. The van der Waals surface area contributed by atoms with Crippen molar-refractivity contribution in [3.8, 4) is 17.6 Å². The third-order valence-corrected chi connectivity index (χ3v) is 3.45. The van der Waals surface area contributed by atoms with Crippen molar-refractivity contribution >= 4 is 11.8 Å². The zero-order valence-electron chi connectivity index (χ0n) is 14.4. The van der Waals surface area contributed by atoms with E-state index < -0.39 is 5.97 Å². The number of ketones is 1. The molecule has 0 heterocycles. The van der Waals surface area contributed by atoms with Gasteiger partial charge in [-0.1, -0.05) is 6.92 Å². The van der Waals surface area contributed by atoms with Crippen LogP contribution in [0.2, 0.25) is 0 Å². The van der Waals surface area contributed by atoms with Crippen LogP contribution in [0.25, 0.3) is 0 Å². The minimum absolute atomic E-state index is 0.0539. The molecule has 0 aliphatic carbocycles. The van der Waals surface area contributed by atoms with E-state index in [0.717, 1.165) is 0 Å². The van der Waals surface area contributed by atoms with Crippen LogP contribution >= 0.6 is 0 Å². The quantitative estimate of drug-likeness (QED) is 0.391. The molecule has 0 bridgehead atoms. The fourth-order valence-corrected chi connectivity index (χ4v) is 2.07. The summed E-state index contributed by atoms with van der Waals surface area (Å²) in [5, 5.41) is 8.71. The number of rotatable bonds is 9. The van der Waals surface area contributed by atoms with Crippen molar-refractivity contribution in [3.05, 3.63) is 59.7 Å². The van der Waals surface area contributed by atoms with E-state index in [0.29, 0.717) is 29.0 Å². The molecule has 6 nitrogen and oxygen atoms in total. The first-order valence-corrected chi connectivity index (χ1v) is 8.17. The van der Waals surface area contributed by atoms with Crippen LogP contribution in [0.3, 0.4) is 0 Å². The van der Waals surface area contributed by atoms with Crippen molar-refractivity contribution in [2.75, 3.05) is 19.8 Å². The number of benzene rings is 2. The fraction of sp³-hybridized carbons (Fsp3) is 0.250. The second kappa shape index (κ2) is 9.84. The molecule has 6 heteroatoms. The lowest BCUT2D eigenvalue weighted by atomic mass is 10.1. The molecule has 0 spiro atoms. The molecule has 0 radical (unpaired) electrons. The highest BCUT2D eigenvalue weighted by Crippen LogP contribution is 2.14. The zero-order valence-corrected chi connectivity index (χ0v) is 14.4. The molecule has 2 aromatic carbocycles. The molecule has 0 fully saturated rings. The molecule has 26 heavy (non-hydrogen) atoms. The standard InChI is InChI=1S/C20H19NO5/c1-2-19(22)16-5-9-18(10-6-16)26-14-20(23)25-12-11-24-17-7-3-15(13-21)4-8-17/h3-10H,2,11-12,14H2,1H3. The van der Waals surface area contributed by atoms with Gasteiger partial charge in [0, 0.05) is 12.0 Å². The van der Waals surface area contributed by atoms with Crippen LogP contribution in [-0.4, -0.2) is 31.6 Å². The van der Waals surface area contributed by atoms with Gasteiger partial charge in [0.15, 0.2) is 12.4 Å². The van der Waals surface area contributed by atoms with Gasteiger partial charge in [0.2, 0.25) is 0 Å². The Kier molecular flexibility index (Phi) is 7.19. The lowest BCUT2D eigenvalue weighted by Gasteiger charge is -2.09. The van der Waals surface area contributed by atoms with E-state index in [1.165, 1.54) is 0 Å². The maximum absolute atomic E-state index is 11.6. The van der Waals surface area contributed by atoms with Gasteiger partial charge < -0.3 is 14.2 Å². The molecule has 0 aromatic heterocycles. The van der Waals surface area contributed by atoms with Crippen LogP contribution < -0.4 is 9.47 Å². The predicted octanol–water partition coefficient (Wildman–Crippen LogP) is 3.15. The Morgan fingerprint density at radius 3 is 2.15 bits per heavy atom. The lowest BCUT2D eigenvalue weighted by molar-refractivity contribution is -0.146. The van der Waals surface area contributed by atoms with Crippen molar-refractivity contribution in [1.29, 1.82) is 5.26 Å². The number of hydrogen-bond donors (Lipinski definition) is 0. The average Bonchev–Trinajstić information content (AvgIpc) is 2.70. The zero-order chi connectivity index (χ0) is 18.8. The van der Waals surface area contributed by atoms with Crippen LogP contribution in [0, 0.1) is 11.3 Å². The average molecular weight is 353 g/mol. The van der Waals surface area contributed by atoms with Crippen molar-refractivity contribution in [3.63, 3.8) is 0 Å². The summed E-state index contributed by atoms with van der Waals surface area (Å²) < 4.78 is 15.7. The van der Waals surface area contributed by atoms with Gasteiger partial charge in [-0.2, -0.15) is 5.26 Å². The first-order chi connectivity index (χ1) is 12.6. The van der Waals surface area contributed by atoms with Crippen molar-refractivity contribution in [2.24, 2.45) is 0 Å². The summed E-state index contributed by atoms with van der Waals surface area (Å²) >= 11 is 0. The van der Waals surface area contributed by atoms with Gasteiger partial charge in [-0.3, -0.25) is 4.79 Å². The van der Waals surface area contributed by atoms with E-state index >= 15 is 0 Å². The minimum Gasteiger partial charge on any atom is -0.490 e. The van der Waals surface area contributed by atoms with E-state index in [-0.39, 0.29) is 25.6 Å². The van der Waals surface area contributed by atoms with Crippen molar-refractivity contribution in [2.45, 2.75) is 13.3 Å². The molecular weight excluding hydrogens is 334 g/mol. The van der Waals surface area contributed by atoms with E-state index in [2.05, 4.69) is 0 Å². The molecule has 2 aromatic rings. The molecule has 134 valence electrons. The first kappa shape index (κ1) is 19.0. The highest BCUT2D eigenvalue weighted by molar-refractivity contribution is 5.95. The largest absolute Gasteiger partial charge is 0.490 e. The molecule has 0 saturated carbocycles. The first-order valence-electron chi connectivity index (χ1n) is 8.17. The number of esters is 1. The summed E-state index contributed by atoms with van der Waals surface area (Å²) in [5.41, 5.74) is 1.16. The van der Waals surface area contributed by atoms with Gasteiger partial charge in [0.1, 0.15) is 24.7 Å². The van der Waals surface area contributed by atoms with E-state index in [4.69, 9.17) is 19.5 Å². The predicted molar refractivity (Wildman–Crippen MR) is 94.2 cm³/mol. The second-order valence-electron chi connectivity index (χ2n) is 5.29. The Labute approximate surface area is 151 Å². The Morgan fingerprint density at radius 2 is 1.54 bits per heavy atom. The number of nitriles is 1. The van der Waals surface area contributed by atoms with Crippen molar-refractivity contribution in [1.82, 2.24) is 0 Å². The SMILES string of the molecule is CCC(=O)c1ccc(OCC(=O)OCCOc2ccc(C#N)cc2)cc1. The summed E-state index contributed by atoms with van der Waals surface area (Å²) in [6.07, 6.45) is 0.442. The maximum atomic E-state index is 11.6. The van der Waals surface area contributed by atoms with Crippen LogP contribution in [-0.2, 0) is 9.53 Å². The molecule has 0 saturated heterocycles. The normalized spacial score (nSPS) is 9.85. The van der Waals surface area contributed by atoms with Gasteiger partial charge in [0.25, 0.3) is 0 Å². The smallest absolute Gasteiger partial charge is 0.344 e. The fourth-order valence-electron chi connectivity index (χ4n) is 2.07. The summed E-state index contributed by atoms with van der Waals surface area (Å²) in [5.74, 6) is 0.627. The number of Topliss-reactive ketones (excluding diaryl/α,β-unsaturated/α-hetero) is 1. The summed E-state index contributed by atoms with van der Waals surface area (Å²) in [6.45, 7) is 1.86. The van der Waals surface area contributed by atoms with Crippen molar-refractivity contribution < 1.29 is 23.8 Å². The van der Waals surface area contributed by atoms with Gasteiger partial charge in [-0.05, 0) is 48.5 Å². The molecule has 0 unspecified atom stereocenters. The molecule has 0 atom stereocenters. The van der Waals surface area contributed by atoms with Crippen LogP contribution in [0.5, 0.6) is 11.5 Å². The monoisotopic (exact) mass is 353 g/mol. The molecule has 0 amide bonds. The van der Waals surface area contributed by atoms with E-state index in [1.54, 1.807) is 55.5 Å². The van der Waals surface area contributed by atoms with E-state index in [1.807, 2.05) is 6.07 Å². The third-order valence-electron chi connectivity index (χ3n) is 3.45. The topological polar surface area (TPSA) is 85.6 Å². The molecule has 0 aliphatic rings. The summed E-state index contributed by atoms with van der Waals surface area (Å²) in [6, 6.07) is 15.3. The van der Waals surface area contributed by atoms with Gasteiger partial charge in [-0.25, -0.2) is 4.79 Å². The van der Waals surface area contributed by atoms with Crippen LogP contribution in [0.15, 0.2) is 48.5 Å². The Hall–Kier alpha value is -3.33. The molecule has 0 aliphatic heterocycles. The highest BCUT2D eigenvalue weighted by Gasteiger charge is 2.06. The number of ether oxygens (including phenoxy) is 3. The maximum Gasteiger partial charge on any atom is 0.344 e. The summed E-state index contributed by atoms with van der Waals surface area (Å²) in [7, 11) is 0. The van der Waals surface area contributed by atoms with Gasteiger partial charge >= 0.3 is 5.97 Å². The number of nitrogens with zero attached hydrogens (tertiary/aromatic N) is 1. The number of carbonyl (C=O) groups excluding carboxylic acids is 2. The molecule has 0 N–H and O–H groups in total. The highest BCUT2D eigenvalue weighted by atomic mass is 16.6. The number of carbonyl (C=O) groups is 2. The Bertz CT molecular complexity index is 775. The van der Waals surface area contributed by atoms with Gasteiger partial charge in [0.05, 0.1) is 11.6 Å². The van der Waals surface area contributed by atoms with Crippen LogP contribution in [0.1, 0.15) is 29.3 Å². The minimum atomic E-state index is -0.512. The van der Waals surface area contributed by atoms with Crippen LogP contribution in [0.4, 0.5) is 0 Å².